The topological polar surface area (TPSA) is 63.6 Å². The van der Waals surface area contributed by atoms with E-state index >= 15 is 0 Å². The molecular formula is C23H30N4OS. The van der Waals surface area contributed by atoms with Crippen molar-refractivity contribution in [1.29, 1.82) is 0 Å². The summed E-state index contributed by atoms with van der Waals surface area (Å²) in [6.07, 6.45) is 0. The number of carbonyl (C=O) groups excluding carboxylic acids is 1. The van der Waals surface area contributed by atoms with Gasteiger partial charge in [0.05, 0.1) is 5.75 Å². The molecule has 1 aromatic carbocycles. The lowest BCUT2D eigenvalue weighted by Crippen LogP contribution is -2.13. The third-order valence-corrected chi connectivity index (χ3v) is 5.90. The van der Waals surface area contributed by atoms with Crippen LogP contribution in [0.2, 0.25) is 0 Å². The number of ketones is 1. The van der Waals surface area contributed by atoms with Crippen molar-refractivity contribution in [2.75, 3.05) is 5.75 Å². The lowest BCUT2D eigenvalue weighted by Gasteiger charge is -2.12. The van der Waals surface area contributed by atoms with Crippen LogP contribution in [0.5, 0.6) is 0 Å². The summed E-state index contributed by atoms with van der Waals surface area (Å²) >= 11 is 1.37. The van der Waals surface area contributed by atoms with Gasteiger partial charge >= 0.3 is 0 Å². The van der Waals surface area contributed by atoms with Crippen LogP contribution in [-0.2, 0) is 5.41 Å². The largest absolute Gasteiger partial charge is 0.318 e. The van der Waals surface area contributed by atoms with Crippen molar-refractivity contribution in [3.05, 3.63) is 58.7 Å². The van der Waals surface area contributed by atoms with Gasteiger partial charge in [-0.25, -0.2) is 4.98 Å². The van der Waals surface area contributed by atoms with E-state index in [-0.39, 0.29) is 11.2 Å². The molecule has 2 heterocycles. The van der Waals surface area contributed by atoms with Gasteiger partial charge in [-0.05, 0) is 43.5 Å². The van der Waals surface area contributed by atoms with Crippen molar-refractivity contribution in [2.45, 2.75) is 65.0 Å². The third-order valence-electron chi connectivity index (χ3n) is 5.06. The van der Waals surface area contributed by atoms with Gasteiger partial charge in [-0.15, -0.1) is 5.10 Å². The lowest BCUT2D eigenvalue weighted by molar-refractivity contribution is 0.102. The molecule has 0 saturated carbocycles. The summed E-state index contributed by atoms with van der Waals surface area (Å²) in [6.45, 7) is 14.7. The number of hydrogen-bond acceptors (Lipinski definition) is 4. The van der Waals surface area contributed by atoms with Crippen molar-refractivity contribution >= 4 is 17.5 Å². The van der Waals surface area contributed by atoms with Crippen molar-refractivity contribution in [3.8, 4) is 5.69 Å². The van der Waals surface area contributed by atoms with Gasteiger partial charge in [-0.2, -0.15) is 0 Å². The van der Waals surface area contributed by atoms with E-state index in [0.717, 1.165) is 28.5 Å². The van der Waals surface area contributed by atoms with E-state index < -0.39 is 0 Å². The quantitative estimate of drug-likeness (QED) is 0.424. The van der Waals surface area contributed by atoms with Crippen molar-refractivity contribution in [1.82, 2.24) is 19.7 Å². The first-order chi connectivity index (χ1) is 13.6. The van der Waals surface area contributed by atoms with Crippen LogP contribution in [0.3, 0.4) is 0 Å². The van der Waals surface area contributed by atoms with Gasteiger partial charge in [0.25, 0.3) is 0 Å². The number of aromatic amines is 1. The van der Waals surface area contributed by atoms with E-state index in [4.69, 9.17) is 0 Å². The second-order valence-corrected chi connectivity index (χ2v) is 9.74. The summed E-state index contributed by atoms with van der Waals surface area (Å²) in [5.41, 5.74) is 5.09. The maximum Gasteiger partial charge on any atom is 0.208 e. The number of hydrogen-bond donors (Lipinski definition) is 1. The highest BCUT2D eigenvalue weighted by molar-refractivity contribution is 7.99. The number of benzene rings is 1. The minimum atomic E-state index is -0.0914. The Hall–Kier alpha value is -2.34. The van der Waals surface area contributed by atoms with Crippen LogP contribution in [0.1, 0.15) is 73.7 Å². The Morgan fingerprint density at radius 2 is 1.83 bits per heavy atom. The summed E-state index contributed by atoms with van der Waals surface area (Å²) in [5.74, 6) is 1.74. The van der Waals surface area contributed by atoms with Crippen LogP contribution in [0.4, 0.5) is 0 Å². The van der Waals surface area contributed by atoms with Crippen LogP contribution >= 0.6 is 11.8 Å². The SMILES string of the molecule is Cc1cc(C(=O)CSc2n[nH]c(C(C)(C)C)n2)c(C)n1-c1ccc(C(C)C)cc1. The minimum absolute atomic E-state index is 0.0914. The molecule has 0 amide bonds. The van der Waals surface area contributed by atoms with E-state index in [2.05, 4.69) is 78.6 Å². The Labute approximate surface area is 177 Å². The molecule has 0 fully saturated rings. The molecule has 0 spiro atoms. The monoisotopic (exact) mass is 410 g/mol. The average molecular weight is 411 g/mol. The predicted molar refractivity (Wildman–Crippen MR) is 119 cm³/mol. The fourth-order valence-electron chi connectivity index (χ4n) is 3.30. The maximum absolute atomic E-state index is 12.9. The molecule has 1 N–H and O–H groups in total. The van der Waals surface area contributed by atoms with Crippen molar-refractivity contribution in [2.24, 2.45) is 0 Å². The van der Waals surface area contributed by atoms with E-state index in [9.17, 15) is 4.79 Å². The van der Waals surface area contributed by atoms with Crippen LogP contribution in [0.15, 0.2) is 35.5 Å². The number of aryl methyl sites for hydroxylation is 1. The number of nitrogens with zero attached hydrogens (tertiary/aromatic N) is 3. The number of aromatic nitrogens is 4. The molecule has 6 heteroatoms. The van der Waals surface area contributed by atoms with Gasteiger partial charge in [-0.1, -0.05) is 58.5 Å². The van der Waals surface area contributed by atoms with Crippen molar-refractivity contribution in [3.63, 3.8) is 0 Å². The van der Waals surface area contributed by atoms with Gasteiger partial charge in [0.15, 0.2) is 5.78 Å². The van der Waals surface area contributed by atoms with Crippen molar-refractivity contribution < 1.29 is 4.79 Å². The van der Waals surface area contributed by atoms with Crippen LogP contribution in [0.25, 0.3) is 5.69 Å². The molecule has 2 aromatic heterocycles. The Morgan fingerprint density at radius 1 is 1.17 bits per heavy atom. The second kappa shape index (κ2) is 8.19. The highest BCUT2D eigenvalue weighted by Gasteiger charge is 2.21. The molecule has 5 nitrogen and oxygen atoms in total. The number of thioether (sulfide) groups is 1. The molecule has 0 bridgehead atoms. The summed E-state index contributed by atoms with van der Waals surface area (Å²) in [7, 11) is 0. The highest BCUT2D eigenvalue weighted by atomic mass is 32.2. The number of Topliss-reactive ketones (excluding diaryl/α,β-unsaturated/α-hetero) is 1. The normalized spacial score (nSPS) is 12.0. The van der Waals surface area contributed by atoms with Crippen LogP contribution in [0, 0.1) is 13.8 Å². The molecule has 0 unspecified atom stereocenters. The molecule has 0 aliphatic heterocycles. The van der Waals surface area contributed by atoms with Gasteiger partial charge in [0.2, 0.25) is 5.16 Å². The number of nitrogens with one attached hydrogen (secondary N) is 1. The predicted octanol–water partition coefficient (Wildman–Crippen LogP) is 5.61. The van der Waals surface area contributed by atoms with E-state index in [1.165, 1.54) is 17.3 Å². The Morgan fingerprint density at radius 3 is 2.38 bits per heavy atom. The van der Waals surface area contributed by atoms with Gasteiger partial charge in [0, 0.05) is 28.1 Å². The van der Waals surface area contributed by atoms with Gasteiger partial charge < -0.3 is 4.57 Å². The lowest BCUT2D eigenvalue weighted by atomic mass is 9.96. The molecule has 0 aliphatic carbocycles. The second-order valence-electron chi connectivity index (χ2n) is 8.79. The molecule has 3 aromatic rings. The molecule has 0 radical (unpaired) electrons. The average Bonchev–Trinajstić information content (AvgIpc) is 3.24. The first-order valence-corrected chi connectivity index (χ1v) is 10.9. The molecule has 0 aliphatic rings. The van der Waals surface area contributed by atoms with Gasteiger partial charge in [-0.3, -0.25) is 9.89 Å². The third kappa shape index (κ3) is 4.64. The highest BCUT2D eigenvalue weighted by Crippen LogP contribution is 2.26. The Kier molecular flexibility index (Phi) is 6.03. The van der Waals surface area contributed by atoms with E-state index in [1.54, 1.807) is 0 Å². The standard InChI is InChI=1S/C23H30N4OS/c1-14(2)17-8-10-18(11-9-17)27-15(3)12-19(16(27)4)20(28)13-29-22-24-21(25-26-22)23(5,6)7/h8-12,14H,13H2,1-7H3,(H,24,25,26). The molecule has 3 rings (SSSR count). The fraction of sp³-hybridized carbons (Fsp3) is 0.435. The molecule has 0 atom stereocenters. The van der Waals surface area contributed by atoms with Crippen LogP contribution in [-0.4, -0.2) is 31.3 Å². The molecule has 29 heavy (non-hydrogen) atoms. The number of rotatable bonds is 6. The number of H-pyrrole nitrogens is 1. The molecule has 154 valence electrons. The first kappa shape index (κ1) is 21.4. The smallest absolute Gasteiger partial charge is 0.208 e. The van der Waals surface area contributed by atoms with E-state index in [0.29, 0.717) is 16.8 Å². The van der Waals surface area contributed by atoms with Crippen LogP contribution < -0.4 is 0 Å². The first-order valence-electron chi connectivity index (χ1n) is 9.96. The fourth-order valence-corrected chi connectivity index (χ4v) is 3.99. The van der Waals surface area contributed by atoms with Gasteiger partial charge in [0.1, 0.15) is 5.82 Å². The maximum atomic E-state index is 12.9. The zero-order valence-corrected chi connectivity index (χ0v) is 19.1. The summed E-state index contributed by atoms with van der Waals surface area (Å²) < 4.78 is 2.15. The molecule has 0 saturated heterocycles. The minimum Gasteiger partial charge on any atom is -0.318 e. The summed E-state index contributed by atoms with van der Waals surface area (Å²) in [4.78, 5) is 17.4. The molecular weight excluding hydrogens is 380 g/mol. The van der Waals surface area contributed by atoms with E-state index in [1.807, 2.05) is 19.9 Å². The summed E-state index contributed by atoms with van der Waals surface area (Å²) in [6, 6.07) is 10.5. The zero-order chi connectivity index (χ0) is 21.3. The zero-order valence-electron chi connectivity index (χ0n) is 18.3. The Balaban J connectivity index is 1.77. The summed E-state index contributed by atoms with van der Waals surface area (Å²) in [5, 5.41) is 7.82. The Bertz CT molecular complexity index is 1010. The number of carbonyl (C=O) groups is 1.